The Balaban J connectivity index is 1.94. The Hall–Kier alpha value is -0.0800. The van der Waals surface area contributed by atoms with Gasteiger partial charge in [-0.05, 0) is 57.8 Å². The maximum absolute atomic E-state index is 3.78. The van der Waals surface area contributed by atoms with Gasteiger partial charge in [-0.3, -0.25) is 0 Å². The number of nitrogens with zero attached hydrogens (tertiary/aromatic N) is 1. The predicted molar refractivity (Wildman–Crippen MR) is 85.7 cm³/mol. The van der Waals surface area contributed by atoms with Gasteiger partial charge in [-0.25, -0.2) is 0 Å². The van der Waals surface area contributed by atoms with E-state index in [1.807, 2.05) is 0 Å². The van der Waals surface area contributed by atoms with Crippen LogP contribution in [0.15, 0.2) is 0 Å². The van der Waals surface area contributed by atoms with E-state index in [0.717, 1.165) is 12.0 Å². The van der Waals surface area contributed by atoms with Crippen LogP contribution in [0.25, 0.3) is 0 Å². The molecule has 0 aromatic heterocycles. The minimum absolute atomic E-state index is 0.784. The summed E-state index contributed by atoms with van der Waals surface area (Å²) in [6.07, 6.45) is 11.1. The van der Waals surface area contributed by atoms with E-state index < -0.39 is 0 Å². The van der Waals surface area contributed by atoms with Gasteiger partial charge in [0.2, 0.25) is 0 Å². The molecule has 114 valence electrons. The molecule has 0 radical (unpaired) electrons. The maximum atomic E-state index is 3.78. The molecule has 1 rings (SSSR count). The van der Waals surface area contributed by atoms with Gasteiger partial charge in [0.05, 0.1) is 0 Å². The second-order valence-corrected chi connectivity index (χ2v) is 6.61. The highest BCUT2D eigenvalue weighted by atomic mass is 15.1. The van der Waals surface area contributed by atoms with Crippen molar-refractivity contribution in [2.75, 3.05) is 26.2 Å². The predicted octanol–water partition coefficient (Wildman–Crippen LogP) is 4.06. The molecule has 0 saturated carbocycles. The van der Waals surface area contributed by atoms with Crippen LogP contribution in [0.2, 0.25) is 0 Å². The van der Waals surface area contributed by atoms with E-state index >= 15 is 0 Å². The fourth-order valence-electron chi connectivity index (χ4n) is 3.01. The molecule has 0 aliphatic carbocycles. The number of nitrogens with one attached hydrogen (secondary N) is 1. The molecule has 0 spiro atoms. The van der Waals surface area contributed by atoms with E-state index in [1.54, 1.807) is 0 Å². The molecule has 0 bridgehead atoms. The van der Waals surface area contributed by atoms with Crippen molar-refractivity contribution in [3.63, 3.8) is 0 Å². The van der Waals surface area contributed by atoms with Crippen LogP contribution < -0.4 is 5.32 Å². The van der Waals surface area contributed by atoms with Gasteiger partial charge in [0, 0.05) is 6.04 Å². The summed E-state index contributed by atoms with van der Waals surface area (Å²) >= 11 is 0. The third-order valence-electron chi connectivity index (χ3n) is 4.41. The Bertz CT molecular complexity index is 203. The highest BCUT2D eigenvalue weighted by molar-refractivity contribution is 4.74. The largest absolute Gasteiger partial charge is 0.314 e. The molecule has 1 saturated heterocycles. The van der Waals surface area contributed by atoms with Crippen molar-refractivity contribution in [2.45, 2.75) is 78.2 Å². The summed E-state index contributed by atoms with van der Waals surface area (Å²) in [7, 11) is 0. The first-order valence-corrected chi connectivity index (χ1v) is 8.68. The average molecular weight is 268 g/mol. The normalized spacial score (nSPS) is 21.8. The third kappa shape index (κ3) is 8.65. The van der Waals surface area contributed by atoms with E-state index in [4.69, 9.17) is 0 Å². The Labute approximate surface area is 121 Å². The highest BCUT2D eigenvalue weighted by Crippen LogP contribution is 2.12. The number of rotatable bonds is 9. The van der Waals surface area contributed by atoms with Crippen molar-refractivity contribution in [3.05, 3.63) is 0 Å². The van der Waals surface area contributed by atoms with Crippen molar-refractivity contribution >= 4 is 0 Å². The van der Waals surface area contributed by atoms with Gasteiger partial charge in [-0.15, -0.1) is 0 Å². The average Bonchev–Trinajstić information content (AvgIpc) is 2.62. The molecule has 2 heteroatoms. The van der Waals surface area contributed by atoms with Gasteiger partial charge in [0.1, 0.15) is 0 Å². The van der Waals surface area contributed by atoms with Crippen molar-refractivity contribution in [1.29, 1.82) is 0 Å². The van der Waals surface area contributed by atoms with Crippen molar-refractivity contribution in [1.82, 2.24) is 10.2 Å². The molecule has 1 fully saturated rings. The summed E-state index contributed by atoms with van der Waals surface area (Å²) < 4.78 is 0. The molecule has 1 heterocycles. The quantitative estimate of drug-likeness (QED) is 0.635. The zero-order chi connectivity index (χ0) is 13.9. The van der Waals surface area contributed by atoms with E-state index in [0.29, 0.717) is 0 Å². The van der Waals surface area contributed by atoms with Crippen LogP contribution in [0.5, 0.6) is 0 Å². The fourth-order valence-corrected chi connectivity index (χ4v) is 3.01. The summed E-state index contributed by atoms with van der Waals surface area (Å²) in [6, 6.07) is 0.784. The van der Waals surface area contributed by atoms with Crippen molar-refractivity contribution < 1.29 is 0 Å². The molecular weight excluding hydrogens is 232 g/mol. The second-order valence-electron chi connectivity index (χ2n) is 6.61. The lowest BCUT2D eigenvalue weighted by Crippen LogP contribution is -2.31. The van der Waals surface area contributed by atoms with Crippen LogP contribution in [-0.2, 0) is 0 Å². The van der Waals surface area contributed by atoms with Gasteiger partial charge >= 0.3 is 0 Å². The molecule has 1 unspecified atom stereocenters. The summed E-state index contributed by atoms with van der Waals surface area (Å²) in [5.41, 5.74) is 0. The maximum Gasteiger partial charge on any atom is 0.00797 e. The fraction of sp³-hybridized carbons (Fsp3) is 1.00. The first-order valence-electron chi connectivity index (χ1n) is 8.68. The lowest BCUT2D eigenvalue weighted by molar-refractivity contribution is 0.297. The minimum Gasteiger partial charge on any atom is -0.314 e. The SMILES string of the molecule is CCN1CCCC(NCCCCCCC(C)C)CC1. The van der Waals surface area contributed by atoms with E-state index in [2.05, 4.69) is 31.0 Å². The molecule has 2 nitrogen and oxygen atoms in total. The van der Waals surface area contributed by atoms with Gasteiger partial charge in [0.25, 0.3) is 0 Å². The van der Waals surface area contributed by atoms with E-state index in [1.165, 1.54) is 77.5 Å². The molecule has 1 aliphatic rings. The third-order valence-corrected chi connectivity index (χ3v) is 4.41. The highest BCUT2D eigenvalue weighted by Gasteiger charge is 2.14. The smallest absolute Gasteiger partial charge is 0.00797 e. The number of likely N-dealkylation sites (tertiary alicyclic amines) is 1. The first kappa shape index (κ1) is 17.0. The van der Waals surface area contributed by atoms with Crippen LogP contribution in [0.1, 0.15) is 72.1 Å². The van der Waals surface area contributed by atoms with E-state index in [-0.39, 0.29) is 0 Å². The molecular formula is C17H36N2. The van der Waals surface area contributed by atoms with Crippen LogP contribution in [0, 0.1) is 5.92 Å². The number of hydrogen-bond acceptors (Lipinski definition) is 2. The molecule has 1 atom stereocenters. The van der Waals surface area contributed by atoms with Crippen molar-refractivity contribution in [3.8, 4) is 0 Å². The molecule has 1 N–H and O–H groups in total. The molecule has 0 aromatic carbocycles. The Morgan fingerprint density at radius 2 is 1.84 bits per heavy atom. The second kappa shape index (κ2) is 10.7. The summed E-state index contributed by atoms with van der Waals surface area (Å²) in [5, 5.41) is 3.78. The minimum atomic E-state index is 0.784. The van der Waals surface area contributed by atoms with Crippen molar-refractivity contribution in [2.24, 2.45) is 5.92 Å². The number of unbranched alkanes of at least 4 members (excludes halogenated alkanes) is 3. The summed E-state index contributed by atoms with van der Waals surface area (Å²) in [5.74, 6) is 0.880. The van der Waals surface area contributed by atoms with Crippen LogP contribution >= 0.6 is 0 Å². The molecule has 19 heavy (non-hydrogen) atoms. The number of hydrogen-bond donors (Lipinski definition) is 1. The summed E-state index contributed by atoms with van der Waals surface area (Å²) in [4.78, 5) is 2.59. The van der Waals surface area contributed by atoms with Crippen LogP contribution in [-0.4, -0.2) is 37.1 Å². The van der Waals surface area contributed by atoms with E-state index in [9.17, 15) is 0 Å². The Morgan fingerprint density at radius 1 is 1.05 bits per heavy atom. The van der Waals surface area contributed by atoms with Gasteiger partial charge in [-0.1, -0.05) is 46.5 Å². The standard InChI is InChI=1S/C17H36N2/c1-4-19-14-9-11-17(12-15-19)18-13-8-6-5-7-10-16(2)3/h16-18H,4-15H2,1-3H3. The zero-order valence-electron chi connectivity index (χ0n) is 13.6. The van der Waals surface area contributed by atoms with Crippen LogP contribution in [0.4, 0.5) is 0 Å². The van der Waals surface area contributed by atoms with Gasteiger partial charge in [0.15, 0.2) is 0 Å². The molecule has 1 aliphatic heterocycles. The topological polar surface area (TPSA) is 15.3 Å². The zero-order valence-corrected chi connectivity index (χ0v) is 13.6. The Kier molecular flexibility index (Phi) is 9.54. The monoisotopic (exact) mass is 268 g/mol. The lowest BCUT2D eigenvalue weighted by atomic mass is 10.0. The van der Waals surface area contributed by atoms with Gasteiger partial charge in [-0.2, -0.15) is 0 Å². The lowest BCUT2D eigenvalue weighted by Gasteiger charge is -2.18. The van der Waals surface area contributed by atoms with Crippen LogP contribution in [0.3, 0.4) is 0 Å². The Morgan fingerprint density at radius 3 is 2.58 bits per heavy atom. The van der Waals surface area contributed by atoms with Gasteiger partial charge < -0.3 is 10.2 Å². The molecule has 0 aromatic rings. The first-order chi connectivity index (χ1) is 9.22. The molecule has 0 amide bonds. The summed E-state index contributed by atoms with van der Waals surface area (Å²) in [6.45, 7) is 12.0.